The van der Waals surface area contributed by atoms with Crippen LogP contribution in [0.1, 0.15) is 0 Å². The summed E-state index contributed by atoms with van der Waals surface area (Å²) >= 11 is 0. The third-order valence-corrected chi connectivity index (χ3v) is 6.32. The Morgan fingerprint density at radius 3 is 1.72 bits per heavy atom. The SMILES string of the molecule is c1ccc2c(c1)ccc1c2ccc2c3ccccc3c3ccc4occc4c3c12. The van der Waals surface area contributed by atoms with Crippen LogP contribution in [0.15, 0.2) is 102 Å². The minimum Gasteiger partial charge on any atom is -0.464 e. The van der Waals surface area contributed by atoms with E-state index < -0.39 is 0 Å². The van der Waals surface area contributed by atoms with Gasteiger partial charge in [-0.05, 0) is 66.7 Å². The lowest BCUT2D eigenvalue weighted by Crippen LogP contribution is -1.86. The normalized spacial score (nSPS) is 12.1. The van der Waals surface area contributed by atoms with Gasteiger partial charge in [0.25, 0.3) is 0 Å². The topological polar surface area (TPSA) is 13.1 Å². The number of hydrogen-bond donors (Lipinski definition) is 0. The Morgan fingerprint density at radius 2 is 0.931 bits per heavy atom. The van der Waals surface area contributed by atoms with Crippen LogP contribution in [0.3, 0.4) is 0 Å². The number of fused-ring (bicyclic) bond motifs is 12. The summed E-state index contributed by atoms with van der Waals surface area (Å²) in [5.41, 5.74) is 0.937. The van der Waals surface area contributed by atoms with Gasteiger partial charge in [0.2, 0.25) is 0 Å². The van der Waals surface area contributed by atoms with Crippen molar-refractivity contribution in [1.82, 2.24) is 0 Å². The number of hydrogen-bond acceptors (Lipinski definition) is 1. The summed E-state index contributed by atoms with van der Waals surface area (Å²) in [6, 6.07) is 32.9. The van der Waals surface area contributed by atoms with Crippen LogP contribution >= 0.6 is 0 Å². The molecule has 0 aliphatic heterocycles. The van der Waals surface area contributed by atoms with Gasteiger partial charge in [-0.25, -0.2) is 0 Å². The minimum atomic E-state index is 0.937. The van der Waals surface area contributed by atoms with Crippen molar-refractivity contribution in [2.75, 3.05) is 0 Å². The fourth-order valence-corrected chi connectivity index (χ4v) is 5.07. The Bertz CT molecular complexity index is 1750. The average Bonchev–Trinajstić information content (AvgIpc) is 3.27. The van der Waals surface area contributed by atoms with Gasteiger partial charge in [-0.3, -0.25) is 0 Å². The highest BCUT2D eigenvalue weighted by molar-refractivity contribution is 6.37. The van der Waals surface area contributed by atoms with Crippen LogP contribution < -0.4 is 0 Å². The Kier molecular flexibility index (Phi) is 2.80. The highest BCUT2D eigenvalue weighted by Gasteiger charge is 2.15. The third-order valence-electron chi connectivity index (χ3n) is 6.32. The first kappa shape index (κ1) is 15.1. The van der Waals surface area contributed by atoms with E-state index in [0.29, 0.717) is 0 Å². The van der Waals surface area contributed by atoms with E-state index in [0.717, 1.165) is 5.58 Å². The molecule has 0 spiro atoms. The molecule has 1 heterocycles. The second kappa shape index (κ2) is 5.36. The molecule has 1 nitrogen and oxygen atoms in total. The summed E-state index contributed by atoms with van der Waals surface area (Å²) in [7, 11) is 0. The van der Waals surface area contributed by atoms with Gasteiger partial charge in [0.1, 0.15) is 5.58 Å². The Morgan fingerprint density at radius 1 is 0.379 bits per heavy atom. The van der Waals surface area contributed by atoms with E-state index in [1.807, 2.05) is 0 Å². The molecule has 0 N–H and O–H groups in total. The zero-order valence-electron chi connectivity index (χ0n) is 15.6. The zero-order valence-corrected chi connectivity index (χ0v) is 15.6. The van der Waals surface area contributed by atoms with Crippen molar-refractivity contribution in [3.8, 4) is 0 Å². The van der Waals surface area contributed by atoms with Crippen LogP contribution in [-0.4, -0.2) is 0 Å². The molecule has 7 aromatic rings. The van der Waals surface area contributed by atoms with Gasteiger partial charge >= 0.3 is 0 Å². The van der Waals surface area contributed by atoms with Crippen molar-refractivity contribution in [3.63, 3.8) is 0 Å². The lowest BCUT2D eigenvalue weighted by Gasteiger charge is -2.14. The van der Waals surface area contributed by atoms with E-state index in [-0.39, 0.29) is 0 Å². The van der Waals surface area contributed by atoms with E-state index in [1.165, 1.54) is 59.2 Å². The maximum atomic E-state index is 5.77. The predicted molar refractivity (Wildman–Crippen MR) is 124 cm³/mol. The van der Waals surface area contributed by atoms with Gasteiger partial charge in [0.15, 0.2) is 0 Å². The fraction of sp³-hybridized carbons (Fsp3) is 0. The monoisotopic (exact) mass is 368 g/mol. The highest BCUT2D eigenvalue weighted by Crippen LogP contribution is 2.43. The molecule has 0 bridgehead atoms. The first-order valence-corrected chi connectivity index (χ1v) is 9.95. The maximum absolute atomic E-state index is 5.77. The van der Waals surface area contributed by atoms with Gasteiger partial charge in [0, 0.05) is 10.8 Å². The van der Waals surface area contributed by atoms with Crippen LogP contribution in [0.2, 0.25) is 0 Å². The zero-order chi connectivity index (χ0) is 18.9. The smallest absolute Gasteiger partial charge is 0.134 e. The molecule has 0 saturated heterocycles. The van der Waals surface area contributed by atoms with E-state index in [9.17, 15) is 0 Å². The summed E-state index contributed by atoms with van der Waals surface area (Å²) in [5.74, 6) is 0. The molecule has 6 aromatic carbocycles. The second-order valence-electron chi connectivity index (χ2n) is 7.74. The van der Waals surface area contributed by atoms with E-state index in [1.54, 1.807) is 6.26 Å². The summed E-state index contributed by atoms with van der Waals surface area (Å²) < 4.78 is 5.77. The summed E-state index contributed by atoms with van der Waals surface area (Å²) in [4.78, 5) is 0. The molecule has 0 atom stereocenters. The lowest BCUT2D eigenvalue weighted by molar-refractivity contribution is 0.616. The molecular formula is C28H16O. The second-order valence-corrected chi connectivity index (χ2v) is 7.74. The van der Waals surface area contributed by atoms with Gasteiger partial charge in [-0.1, -0.05) is 72.8 Å². The molecule has 0 aliphatic rings. The van der Waals surface area contributed by atoms with Crippen molar-refractivity contribution >= 4 is 64.8 Å². The van der Waals surface area contributed by atoms with Crippen LogP contribution in [0.25, 0.3) is 64.8 Å². The van der Waals surface area contributed by atoms with Crippen molar-refractivity contribution in [3.05, 3.63) is 97.3 Å². The molecule has 1 aromatic heterocycles. The molecule has 1 heteroatoms. The van der Waals surface area contributed by atoms with Crippen LogP contribution in [-0.2, 0) is 0 Å². The lowest BCUT2D eigenvalue weighted by atomic mass is 9.88. The standard InChI is InChI=1S/C28H16O/c1-2-6-18-17(5-1)9-10-22-21(18)11-12-23-19-7-3-4-8-20(19)24-13-14-26-25(15-16-29-26)28(24)27(22)23/h1-16H. The average molecular weight is 368 g/mol. The molecule has 29 heavy (non-hydrogen) atoms. The Hall–Kier alpha value is -3.84. The van der Waals surface area contributed by atoms with Crippen LogP contribution in [0.5, 0.6) is 0 Å². The predicted octanol–water partition coefficient (Wildman–Crippen LogP) is 8.20. The van der Waals surface area contributed by atoms with Crippen molar-refractivity contribution in [2.24, 2.45) is 0 Å². The van der Waals surface area contributed by atoms with Crippen LogP contribution in [0, 0.1) is 0 Å². The molecule has 134 valence electrons. The summed E-state index contributed by atoms with van der Waals surface area (Å²) in [6.45, 7) is 0. The van der Waals surface area contributed by atoms with E-state index in [2.05, 4.69) is 91.0 Å². The largest absolute Gasteiger partial charge is 0.464 e. The highest BCUT2D eigenvalue weighted by atomic mass is 16.3. The molecule has 0 aliphatic carbocycles. The number of furan rings is 1. The molecule has 0 saturated carbocycles. The Labute approximate surface area is 166 Å². The Balaban J connectivity index is 1.89. The van der Waals surface area contributed by atoms with Crippen molar-refractivity contribution in [2.45, 2.75) is 0 Å². The third kappa shape index (κ3) is 1.89. The number of rotatable bonds is 0. The molecule has 0 radical (unpaired) electrons. The quantitative estimate of drug-likeness (QED) is 0.246. The van der Waals surface area contributed by atoms with Crippen molar-refractivity contribution < 1.29 is 4.42 Å². The molecular weight excluding hydrogens is 352 g/mol. The first-order chi connectivity index (χ1) is 14.4. The van der Waals surface area contributed by atoms with Gasteiger partial charge in [0.05, 0.1) is 6.26 Å². The first-order valence-electron chi connectivity index (χ1n) is 9.95. The van der Waals surface area contributed by atoms with Gasteiger partial charge < -0.3 is 4.42 Å². The van der Waals surface area contributed by atoms with Gasteiger partial charge in [-0.2, -0.15) is 0 Å². The maximum Gasteiger partial charge on any atom is 0.134 e. The summed E-state index contributed by atoms with van der Waals surface area (Å²) in [5, 5.41) is 14.1. The van der Waals surface area contributed by atoms with Crippen LogP contribution in [0.4, 0.5) is 0 Å². The van der Waals surface area contributed by atoms with E-state index in [4.69, 9.17) is 4.42 Å². The number of benzene rings is 6. The molecule has 0 fully saturated rings. The van der Waals surface area contributed by atoms with Gasteiger partial charge in [-0.15, -0.1) is 0 Å². The minimum absolute atomic E-state index is 0.937. The van der Waals surface area contributed by atoms with E-state index >= 15 is 0 Å². The molecule has 7 rings (SSSR count). The fourth-order valence-electron chi connectivity index (χ4n) is 5.07. The molecule has 0 amide bonds. The molecule has 0 unspecified atom stereocenters. The summed E-state index contributed by atoms with van der Waals surface area (Å²) in [6.07, 6.45) is 1.80. The van der Waals surface area contributed by atoms with Crippen molar-refractivity contribution in [1.29, 1.82) is 0 Å².